The molecule has 53 heavy (non-hydrogen) atoms. The summed E-state index contributed by atoms with van der Waals surface area (Å²) in [7, 11) is -4.40. The van der Waals surface area contributed by atoms with Gasteiger partial charge in [-0.25, -0.2) is 4.98 Å². The van der Waals surface area contributed by atoms with Gasteiger partial charge in [0.15, 0.2) is 22.4 Å². The predicted molar refractivity (Wildman–Crippen MR) is 222 cm³/mol. The summed E-state index contributed by atoms with van der Waals surface area (Å²) in [5.74, 6) is -0.468. The molecule has 0 spiro atoms. The maximum atomic E-state index is 14.7. The van der Waals surface area contributed by atoms with Gasteiger partial charge in [-0.1, -0.05) is 95.6 Å². The lowest BCUT2D eigenvalue weighted by atomic mass is 9.91. The summed E-state index contributed by atoms with van der Waals surface area (Å²) in [5, 5.41) is 8.01. The molecule has 2 amide bonds. The highest BCUT2D eigenvalue weighted by atomic mass is 79.9. The lowest BCUT2D eigenvalue weighted by Crippen LogP contribution is -2.50. The zero-order chi connectivity index (χ0) is 39.5. The maximum Gasteiger partial charge on any atom is 0.254 e. The quantitative estimate of drug-likeness (QED) is 0.119. The third-order valence-electron chi connectivity index (χ3n) is 11.2. The van der Waals surface area contributed by atoms with Crippen LogP contribution in [0, 0.1) is 12.8 Å². The molecule has 0 aliphatic carbocycles. The molecule has 10 nitrogen and oxygen atoms in total. The van der Waals surface area contributed by atoms with Crippen LogP contribution in [0.15, 0.2) is 40.4 Å². The van der Waals surface area contributed by atoms with Crippen molar-refractivity contribution in [2.24, 2.45) is 5.92 Å². The average molecular weight is 850 g/mol. The Hall–Kier alpha value is -2.37. The van der Waals surface area contributed by atoms with E-state index >= 15 is 0 Å². The lowest BCUT2D eigenvalue weighted by Gasteiger charge is -2.38. The third kappa shape index (κ3) is 10.5. The number of aryl methyl sites for hydroxylation is 1. The fraction of sp³-hybridized carbons (Fsp3) is 0.641. The van der Waals surface area contributed by atoms with E-state index in [9.17, 15) is 9.59 Å². The second kappa shape index (κ2) is 17.2. The first-order valence-corrected chi connectivity index (χ1v) is 26.5. The molecular weight excluding hydrogens is 789 g/mol. The average Bonchev–Trinajstić information content (AvgIpc) is 3.81. The van der Waals surface area contributed by atoms with E-state index in [0.29, 0.717) is 43.1 Å². The van der Waals surface area contributed by atoms with E-state index in [0.717, 1.165) is 21.7 Å². The number of halogens is 1. The number of alkyl halides is 1. The molecule has 14 heteroatoms. The molecule has 1 unspecified atom stereocenters. The Labute approximate surface area is 331 Å². The van der Waals surface area contributed by atoms with Crippen LogP contribution in [0.1, 0.15) is 90.8 Å². The zero-order valence-electron chi connectivity index (χ0n) is 34.0. The summed E-state index contributed by atoms with van der Waals surface area (Å²) in [6.07, 6.45) is 0.101. The molecule has 1 fully saturated rings. The molecular formula is C39H61BrN4O6SSi2. The van der Waals surface area contributed by atoms with Crippen molar-refractivity contribution >= 4 is 55.7 Å². The van der Waals surface area contributed by atoms with Crippen LogP contribution in [0.5, 0.6) is 5.88 Å². The van der Waals surface area contributed by atoms with Crippen molar-refractivity contribution in [2.75, 3.05) is 25.1 Å². The summed E-state index contributed by atoms with van der Waals surface area (Å²) in [6.45, 7) is 29.1. The number of carbonyl (C=O) groups excluding carboxylic acids is 2. The second-order valence-corrected chi connectivity index (χ2v) is 28.8. The number of hydrogen-bond donors (Lipinski definition) is 1. The van der Waals surface area contributed by atoms with Gasteiger partial charge in [-0.15, -0.1) is 11.3 Å². The zero-order valence-corrected chi connectivity index (χ0v) is 38.4. The predicted octanol–water partition coefficient (Wildman–Crippen LogP) is 9.49. The van der Waals surface area contributed by atoms with Crippen LogP contribution in [-0.2, 0) is 18.4 Å². The number of hydrogen-bond acceptors (Lipinski definition) is 9. The maximum absolute atomic E-state index is 14.7. The van der Waals surface area contributed by atoms with Crippen LogP contribution in [0.2, 0.25) is 36.3 Å². The fourth-order valence-corrected chi connectivity index (χ4v) is 9.30. The number of nitrogens with one attached hydrogen (secondary N) is 1. The molecule has 3 heterocycles. The summed E-state index contributed by atoms with van der Waals surface area (Å²) in [5.41, 5.74) is 4.86. The van der Waals surface area contributed by atoms with Gasteiger partial charge in [0.25, 0.3) is 5.88 Å². The Balaban J connectivity index is 1.68. The summed E-state index contributed by atoms with van der Waals surface area (Å²) in [4.78, 5) is 36.6. The molecule has 1 saturated heterocycles. The van der Waals surface area contributed by atoms with Crippen molar-refractivity contribution in [1.29, 1.82) is 0 Å². The first-order chi connectivity index (χ1) is 24.6. The van der Waals surface area contributed by atoms with Crippen LogP contribution in [0.4, 0.5) is 0 Å². The molecule has 0 bridgehead atoms. The summed E-state index contributed by atoms with van der Waals surface area (Å²) < 4.78 is 25.0. The smallest absolute Gasteiger partial charge is 0.254 e. The number of benzene rings is 1. The molecule has 1 N–H and O–H groups in total. The summed E-state index contributed by atoms with van der Waals surface area (Å²) >= 11 is 4.98. The van der Waals surface area contributed by atoms with Crippen molar-refractivity contribution in [1.82, 2.24) is 20.4 Å². The molecule has 4 rings (SSSR count). The number of likely N-dealkylation sites (tertiary alicyclic amines) is 1. The number of carbonyl (C=O) groups is 2. The number of nitrogens with zero attached hydrogens (tertiary/aromatic N) is 3. The third-order valence-corrected chi connectivity index (χ3v) is 21.6. The molecule has 4 atom stereocenters. The number of ether oxygens (including phenoxy) is 1. The Morgan fingerprint density at radius 1 is 1.06 bits per heavy atom. The fourth-order valence-electron chi connectivity index (χ4n) is 5.96. The largest absolute Gasteiger partial charge is 0.475 e. The minimum Gasteiger partial charge on any atom is -0.475 e. The standard InChI is InChI=1S/C39H61BrN4O6SSi2/c1-25(2)34(32-21-33(43-49-32)47-19-18-40)37(46)44-22-29(50-53(12,13)39(7,8)9)20-31(44)36(45)42-30(23-48-52(10,11)38(4,5)6)27-14-16-28(17-15-27)35-26(3)41-24-51-35/h14-17,21,24-25,29-31,34H,18-20,22-23H2,1-13H3,(H,42,45)/t29-,30+,31+,34?/m1/s1. The number of amides is 2. The van der Waals surface area contributed by atoms with Gasteiger partial charge in [0.1, 0.15) is 12.0 Å². The van der Waals surface area contributed by atoms with E-state index < -0.39 is 34.6 Å². The highest BCUT2D eigenvalue weighted by Crippen LogP contribution is 2.41. The van der Waals surface area contributed by atoms with Gasteiger partial charge in [0, 0.05) is 24.4 Å². The van der Waals surface area contributed by atoms with Crippen LogP contribution in [0.25, 0.3) is 10.4 Å². The van der Waals surface area contributed by atoms with Crippen LogP contribution < -0.4 is 10.1 Å². The van der Waals surface area contributed by atoms with E-state index in [1.54, 1.807) is 22.3 Å². The highest BCUT2D eigenvalue weighted by molar-refractivity contribution is 9.09. The van der Waals surface area contributed by atoms with Crippen molar-refractivity contribution in [3.63, 3.8) is 0 Å². The summed E-state index contributed by atoms with van der Waals surface area (Å²) in [6, 6.07) is 8.78. The first kappa shape index (κ1) is 43.4. The van der Waals surface area contributed by atoms with Crippen molar-refractivity contribution < 1.29 is 27.7 Å². The molecule has 1 aromatic carbocycles. The van der Waals surface area contributed by atoms with Crippen LogP contribution in [-0.4, -0.2) is 80.7 Å². The first-order valence-electron chi connectivity index (χ1n) is 18.6. The van der Waals surface area contributed by atoms with E-state index in [-0.39, 0.29) is 33.9 Å². The SMILES string of the molecule is Cc1ncsc1-c1ccc([C@H](CO[Si](C)(C)C(C)(C)C)NC(=O)[C@@H]2C[C@@H](O[Si](C)(C)C(C)(C)C)CN2C(=O)C(c2cc(OCCBr)no2)C(C)C)cc1. The van der Waals surface area contributed by atoms with Gasteiger partial charge < -0.3 is 28.3 Å². The molecule has 3 aromatic rings. The van der Waals surface area contributed by atoms with E-state index in [1.807, 2.05) is 26.3 Å². The molecule has 1 aliphatic rings. The Bertz CT molecular complexity index is 1680. The van der Waals surface area contributed by atoms with Crippen molar-refractivity contribution in [2.45, 2.75) is 129 Å². The van der Waals surface area contributed by atoms with Crippen LogP contribution in [0.3, 0.4) is 0 Å². The van der Waals surface area contributed by atoms with Gasteiger partial charge in [0.05, 0.1) is 41.4 Å². The number of rotatable bonds is 15. The van der Waals surface area contributed by atoms with Gasteiger partial charge >= 0.3 is 0 Å². The Kier molecular flexibility index (Phi) is 14.1. The van der Waals surface area contributed by atoms with Gasteiger partial charge in [-0.2, -0.15) is 0 Å². The minimum atomic E-state index is -2.23. The molecule has 1 aliphatic heterocycles. The topological polar surface area (TPSA) is 116 Å². The van der Waals surface area contributed by atoms with E-state index in [2.05, 4.69) is 123 Å². The van der Waals surface area contributed by atoms with Crippen molar-refractivity contribution in [3.8, 4) is 16.3 Å². The Morgan fingerprint density at radius 3 is 2.25 bits per heavy atom. The molecule has 2 aromatic heterocycles. The number of aromatic nitrogens is 2. The van der Waals surface area contributed by atoms with Crippen molar-refractivity contribution in [3.05, 3.63) is 52.9 Å². The van der Waals surface area contributed by atoms with Gasteiger partial charge in [-0.3, -0.25) is 9.59 Å². The number of thiazole rings is 1. The van der Waals surface area contributed by atoms with E-state index in [4.69, 9.17) is 18.1 Å². The normalized spacial score (nSPS) is 18.4. The monoisotopic (exact) mass is 848 g/mol. The molecule has 0 saturated carbocycles. The van der Waals surface area contributed by atoms with Gasteiger partial charge in [0.2, 0.25) is 11.8 Å². The van der Waals surface area contributed by atoms with Crippen LogP contribution >= 0.6 is 27.3 Å². The molecule has 294 valence electrons. The molecule has 0 radical (unpaired) electrons. The second-order valence-electron chi connectivity index (χ2n) is 17.6. The van der Waals surface area contributed by atoms with E-state index in [1.165, 1.54) is 0 Å². The lowest BCUT2D eigenvalue weighted by molar-refractivity contribution is -0.141. The Morgan fingerprint density at radius 2 is 1.70 bits per heavy atom. The minimum absolute atomic E-state index is 0.0101. The highest BCUT2D eigenvalue weighted by Gasteiger charge is 2.48. The van der Waals surface area contributed by atoms with Gasteiger partial charge in [-0.05, 0) is 65.4 Å².